The number of ether oxygens (including phenoxy) is 2. The van der Waals surface area contributed by atoms with Crippen LogP contribution in [0, 0.1) is 0 Å². The van der Waals surface area contributed by atoms with Crippen LogP contribution in [0.5, 0.6) is 5.75 Å². The van der Waals surface area contributed by atoms with Gasteiger partial charge in [0.05, 0.1) is 17.7 Å². The quantitative estimate of drug-likeness (QED) is 0.299. The largest absolute Gasteiger partial charge is 0.491 e. The first-order chi connectivity index (χ1) is 15.4. The Kier molecular flexibility index (Phi) is 6.01. The number of fused-ring (bicyclic) bond motifs is 2. The van der Waals surface area contributed by atoms with Gasteiger partial charge in [-0.2, -0.15) is 0 Å². The van der Waals surface area contributed by atoms with Gasteiger partial charge in [-0.1, -0.05) is 36.9 Å². The lowest BCUT2D eigenvalue weighted by atomic mass is 9.93. The molecule has 3 aromatic carbocycles. The molecule has 0 saturated heterocycles. The number of H-pyrrole nitrogens is 1. The lowest BCUT2D eigenvalue weighted by molar-refractivity contribution is 0.146. The number of methoxy groups -OCH3 is 1. The van der Waals surface area contributed by atoms with Crippen LogP contribution in [0.15, 0.2) is 78.1 Å². The van der Waals surface area contributed by atoms with Crippen molar-refractivity contribution in [1.82, 2.24) is 10.3 Å². The van der Waals surface area contributed by atoms with Crippen LogP contribution in [0.4, 0.5) is 0 Å². The maximum absolute atomic E-state index is 12.8. The highest BCUT2D eigenvalue weighted by molar-refractivity contribution is 5.93. The molecule has 5 nitrogen and oxygen atoms in total. The van der Waals surface area contributed by atoms with Gasteiger partial charge in [-0.15, -0.1) is 0 Å². The van der Waals surface area contributed by atoms with Crippen LogP contribution < -0.4 is 15.5 Å². The zero-order valence-electron chi connectivity index (χ0n) is 18.7. The number of para-hydroxylation sites is 1. The average molecular weight is 429 g/mol. The van der Waals surface area contributed by atoms with Crippen LogP contribution in [-0.2, 0) is 10.3 Å². The van der Waals surface area contributed by atoms with E-state index in [2.05, 4.69) is 30.7 Å². The van der Waals surface area contributed by atoms with Gasteiger partial charge < -0.3 is 19.8 Å². The van der Waals surface area contributed by atoms with Crippen molar-refractivity contribution in [3.8, 4) is 5.75 Å². The highest BCUT2D eigenvalue weighted by Crippen LogP contribution is 2.27. The van der Waals surface area contributed by atoms with E-state index in [1.54, 1.807) is 7.11 Å². The second-order valence-corrected chi connectivity index (χ2v) is 8.35. The molecular weight excluding hydrogens is 400 g/mol. The first-order valence-corrected chi connectivity index (χ1v) is 10.6. The summed E-state index contributed by atoms with van der Waals surface area (Å²) in [6.07, 6.45) is 0. The van der Waals surface area contributed by atoms with E-state index in [9.17, 15) is 4.79 Å². The molecule has 0 radical (unpaired) electrons. The van der Waals surface area contributed by atoms with Crippen LogP contribution in [0.3, 0.4) is 0 Å². The Bertz CT molecular complexity index is 1320. The first-order valence-electron chi connectivity index (χ1n) is 10.6. The van der Waals surface area contributed by atoms with Crippen molar-refractivity contribution in [2.45, 2.75) is 19.4 Å². The zero-order valence-corrected chi connectivity index (χ0v) is 18.7. The van der Waals surface area contributed by atoms with Gasteiger partial charge in [0.15, 0.2) is 5.43 Å². The Hall–Kier alpha value is -3.57. The molecule has 164 valence electrons. The molecule has 0 fully saturated rings. The fourth-order valence-electron chi connectivity index (χ4n) is 3.85. The van der Waals surface area contributed by atoms with Gasteiger partial charge in [-0.25, -0.2) is 0 Å². The molecule has 0 unspecified atom stereocenters. The van der Waals surface area contributed by atoms with E-state index >= 15 is 0 Å². The Morgan fingerprint density at radius 1 is 0.969 bits per heavy atom. The minimum absolute atomic E-state index is 0.0348. The number of pyridine rings is 1. The predicted octanol–water partition coefficient (Wildman–Crippen LogP) is 5.20. The minimum Gasteiger partial charge on any atom is -0.491 e. The third-order valence-electron chi connectivity index (χ3n) is 5.65. The van der Waals surface area contributed by atoms with Gasteiger partial charge >= 0.3 is 0 Å². The predicted molar refractivity (Wildman–Crippen MR) is 131 cm³/mol. The van der Waals surface area contributed by atoms with Crippen molar-refractivity contribution in [3.63, 3.8) is 0 Å². The van der Waals surface area contributed by atoms with E-state index in [1.165, 1.54) is 0 Å². The zero-order chi connectivity index (χ0) is 22.7. The summed E-state index contributed by atoms with van der Waals surface area (Å²) < 4.78 is 10.7. The Morgan fingerprint density at radius 3 is 2.44 bits per heavy atom. The van der Waals surface area contributed by atoms with Crippen LogP contribution in [0.1, 0.15) is 25.0 Å². The fraction of sp³-hybridized carbons (Fsp3) is 0.222. The van der Waals surface area contributed by atoms with Crippen molar-refractivity contribution in [1.29, 1.82) is 0 Å². The molecule has 0 saturated carbocycles. The van der Waals surface area contributed by atoms with Gasteiger partial charge in [0.2, 0.25) is 0 Å². The number of aromatic nitrogens is 1. The molecule has 0 aliphatic carbocycles. The van der Waals surface area contributed by atoms with E-state index < -0.39 is 0 Å². The summed E-state index contributed by atoms with van der Waals surface area (Å²) in [7, 11) is 1.66. The van der Waals surface area contributed by atoms with Crippen molar-refractivity contribution in [2.75, 3.05) is 20.3 Å². The molecule has 0 bridgehead atoms. The van der Waals surface area contributed by atoms with E-state index in [4.69, 9.17) is 9.47 Å². The summed E-state index contributed by atoms with van der Waals surface area (Å²) in [5.41, 5.74) is 4.12. The standard InChI is InChI=1S/C27H28N2O3/c1-18(29-27(2,3)20-10-12-21(13-11-20)32-16-15-31-4)19-9-14-23-25(17-19)28-24-8-6-5-7-22(24)26(23)30/h5-14,17,29H,1,15-16H2,2-4H3,(H,28,30). The normalized spacial score (nSPS) is 11.6. The molecule has 2 N–H and O–H groups in total. The molecule has 0 spiro atoms. The van der Waals surface area contributed by atoms with Crippen LogP contribution >= 0.6 is 0 Å². The molecule has 1 heterocycles. The minimum atomic E-state index is -0.353. The van der Waals surface area contributed by atoms with Crippen molar-refractivity contribution < 1.29 is 9.47 Å². The summed E-state index contributed by atoms with van der Waals surface area (Å²) in [6, 6.07) is 21.4. The maximum atomic E-state index is 12.8. The lowest BCUT2D eigenvalue weighted by Gasteiger charge is -2.29. The van der Waals surface area contributed by atoms with Gasteiger partial charge in [-0.3, -0.25) is 4.79 Å². The van der Waals surface area contributed by atoms with Gasteiger partial charge in [0.1, 0.15) is 12.4 Å². The number of benzene rings is 3. The SMILES string of the molecule is C=C(NC(C)(C)c1ccc(OCCOC)cc1)c1ccc2c(=O)c3ccccc3[nH]c2c1. The first kappa shape index (κ1) is 21.7. The third kappa shape index (κ3) is 4.39. The van der Waals surface area contributed by atoms with E-state index in [0.29, 0.717) is 24.0 Å². The summed E-state index contributed by atoms with van der Waals surface area (Å²) in [5, 5.41) is 4.89. The summed E-state index contributed by atoms with van der Waals surface area (Å²) in [5.74, 6) is 0.811. The smallest absolute Gasteiger partial charge is 0.197 e. The highest BCUT2D eigenvalue weighted by atomic mass is 16.5. The molecule has 0 aliphatic heterocycles. The summed E-state index contributed by atoms with van der Waals surface area (Å²) in [4.78, 5) is 16.2. The fourth-order valence-corrected chi connectivity index (χ4v) is 3.85. The van der Waals surface area contributed by atoms with E-state index in [1.807, 2.05) is 66.7 Å². The third-order valence-corrected chi connectivity index (χ3v) is 5.65. The number of rotatable bonds is 8. The number of aromatic amines is 1. The van der Waals surface area contributed by atoms with Crippen molar-refractivity contribution in [3.05, 3.63) is 94.7 Å². The summed E-state index contributed by atoms with van der Waals surface area (Å²) in [6.45, 7) is 9.54. The number of hydrogen-bond donors (Lipinski definition) is 2. The van der Waals surface area contributed by atoms with Crippen molar-refractivity contribution >= 4 is 27.5 Å². The molecule has 4 rings (SSSR count). The summed E-state index contributed by atoms with van der Waals surface area (Å²) >= 11 is 0. The van der Waals surface area contributed by atoms with Gasteiger partial charge in [-0.05, 0) is 61.4 Å². The molecule has 4 aromatic rings. The second-order valence-electron chi connectivity index (χ2n) is 8.35. The molecule has 5 heteroatoms. The topological polar surface area (TPSA) is 63.4 Å². The van der Waals surface area contributed by atoms with E-state index in [-0.39, 0.29) is 11.0 Å². The van der Waals surface area contributed by atoms with Crippen LogP contribution in [0.25, 0.3) is 27.5 Å². The number of nitrogens with one attached hydrogen (secondary N) is 2. The number of hydrogen-bond acceptors (Lipinski definition) is 4. The Labute approximate surface area is 187 Å². The molecule has 1 aromatic heterocycles. The van der Waals surface area contributed by atoms with Crippen molar-refractivity contribution in [2.24, 2.45) is 0 Å². The Morgan fingerprint density at radius 2 is 1.69 bits per heavy atom. The molecule has 0 aliphatic rings. The second kappa shape index (κ2) is 8.89. The lowest BCUT2D eigenvalue weighted by Crippen LogP contribution is -2.34. The molecule has 0 atom stereocenters. The Balaban J connectivity index is 1.56. The van der Waals surface area contributed by atoms with E-state index in [0.717, 1.165) is 33.6 Å². The average Bonchev–Trinajstić information content (AvgIpc) is 2.79. The van der Waals surface area contributed by atoms with Crippen LogP contribution in [-0.4, -0.2) is 25.3 Å². The van der Waals surface area contributed by atoms with Gasteiger partial charge in [0, 0.05) is 29.1 Å². The van der Waals surface area contributed by atoms with Crippen LogP contribution in [0.2, 0.25) is 0 Å². The monoisotopic (exact) mass is 428 g/mol. The molecular formula is C27H28N2O3. The van der Waals surface area contributed by atoms with Gasteiger partial charge in [0.25, 0.3) is 0 Å². The molecule has 32 heavy (non-hydrogen) atoms. The highest BCUT2D eigenvalue weighted by Gasteiger charge is 2.21. The maximum Gasteiger partial charge on any atom is 0.197 e. The molecule has 0 amide bonds.